The molecule has 0 bridgehead atoms. The zero-order valence-electron chi connectivity index (χ0n) is 10.6. The molecule has 0 spiro atoms. The minimum Gasteiger partial charge on any atom is -0.256 e. The summed E-state index contributed by atoms with van der Waals surface area (Å²) in [7, 11) is 0. The fourth-order valence-corrected chi connectivity index (χ4v) is 2.05. The van der Waals surface area contributed by atoms with Crippen LogP contribution in [-0.2, 0) is 0 Å². The summed E-state index contributed by atoms with van der Waals surface area (Å²) in [6, 6.07) is 14.5. The number of benzene rings is 2. The Balaban J connectivity index is 2.34. The van der Waals surface area contributed by atoms with Crippen LogP contribution in [0.3, 0.4) is 0 Å². The molecule has 0 atom stereocenters. The lowest BCUT2D eigenvalue weighted by Crippen LogP contribution is -1.85. The zero-order valence-corrected chi connectivity index (χ0v) is 10.6. The highest BCUT2D eigenvalue weighted by Crippen LogP contribution is 2.24. The molecule has 1 heteroatoms. The van der Waals surface area contributed by atoms with Crippen LogP contribution >= 0.6 is 0 Å². The van der Waals surface area contributed by atoms with Crippen LogP contribution < -0.4 is 0 Å². The SMILES string of the molecule is Cc1cc(C)c(N=Cc2ccccc2)c(C)c1. The predicted octanol–water partition coefficient (Wildman–Crippen LogP) is 4.36. The minimum atomic E-state index is 1.08. The van der Waals surface area contributed by atoms with E-state index in [4.69, 9.17) is 0 Å². The van der Waals surface area contributed by atoms with E-state index in [0.29, 0.717) is 0 Å². The zero-order chi connectivity index (χ0) is 12.3. The largest absolute Gasteiger partial charge is 0.256 e. The standard InChI is InChI=1S/C16H17N/c1-12-9-13(2)16(14(3)10-12)17-11-15-7-5-4-6-8-15/h4-11H,1-3H3. The van der Waals surface area contributed by atoms with Gasteiger partial charge in [0.25, 0.3) is 0 Å². The predicted molar refractivity (Wildman–Crippen MR) is 74.3 cm³/mol. The summed E-state index contributed by atoms with van der Waals surface area (Å²) >= 11 is 0. The van der Waals surface area contributed by atoms with Gasteiger partial charge in [-0.2, -0.15) is 0 Å². The van der Waals surface area contributed by atoms with Crippen molar-refractivity contribution in [3.05, 3.63) is 64.7 Å². The van der Waals surface area contributed by atoms with Crippen LogP contribution in [0.15, 0.2) is 47.5 Å². The lowest BCUT2D eigenvalue weighted by atomic mass is 10.1. The lowest BCUT2D eigenvalue weighted by molar-refractivity contribution is 1.29. The van der Waals surface area contributed by atoms with Gasteiger partial charge >= 0.3 is 0 Å². The smallest absolute Gasteiger partial charge is 0.0688 e. The quantitative estimate of drug-likeness (QED) is 0.671. The molecule has 2 aromatic carbocycles. The normalized spacial score (nSPS) is 11.0. The Hall–Kier alpha value is -1.89. The molecule has 0 aromatic heterocycles. The number of aliphatic imine (C=N–C) groups is 1. The van der Waals surface area contributed by atoms with Crippen molar-refractivity contribution in [2.75, 3.05) is 0 Å². The molecule has 0 aliphatic carbocycles. The van der Waals surface area contributed by atoms with Gasteiger partial charge in [0.2, 0.25) is 0 Å². The van der Waals surface area contributed by atoms with Crippen molar-refractivity contribution in [1.29, 1.82) is 0 Å². The van der Waals surface area contributed by atoms with E-state index in [1.807, 2.05) is 24.4 Å². The molecule has 0 amide bonds. The molecule has 0 saturated heterocycles. The fraction of sp³-hybridized carbons (Fsp3) is 0.188. The summed E-state index contributed by atoms with van der Waals surface area (Å²) < 4.78 is 0. The molecule has 0 unspecified atom stereocenters. The molecule has 0 radical (unpaired) electrons. The summed E-state index contributed by atoms with van der Waals surface area (Å²) in [4.78, 5) is 4.59. The topological polar surface area (TPSA) is 12.4 Å². The van der Waals surface area contributed by atoms with Crippen molar-refractivity contribution in [3.8, 4) is 0 Å². The third-order valence-electron chi connectivity index (χ3n) is 2.78. The first-order valence-electron chi connectivity index (χ1n) is 5.84. The molecule has 0 heterocycles. The average molecular weight is 223 g/mol. The molecule has 0 aliphatic heterocycles. The van der Waals surface area contributed by atoms with Gasteiger partial charge < -0.3 is 0 Å². The molecule has 0 N–H and O–H groups in total. The Labute approximate surface area is 103 Å². The molecule has 86 valence electrons. The summed E-state index contributed by atoms with van der Waals surface area (Å²) in [6.45, 7) is 6.33. The second kappa shape index (κ2) is 4.96. The first-order chi connectivity index (χ1) is 8.16. The number of hydrogen-bond donors (Lipinski definition) is 0. The maximum Gasteiger partial charge on any atom is 0.0688 e. The summed E-state index contributed by atoms with van der Waals surface area (Å²) in [5, 5.41) is 0. The molecule has 0 aliphatic rings. The summed E-state index contributed by atoms with van der Waals surface area (Å²) in [6.07, 6.45) is 1.92. The second-order valence-electron chi connectivity index (χ2n) is 4.42. The first kappa shape index (κ1) is 11.6. The van der Waals surface area contributed by atoms with Crippen molar-refractivity contribution < 1.29 is 0 Å². The number of aryl methyl sites for hydroxylation is 3. The Morgan fingerprint density at radius 3 is 2.06 bits per heavy atom. The van der Waals surface area contributed by atoms with Crippen LogP contribution in [0.2, 0.25) is 0 Å². The molecular weight excluding hydrogens is 206 g/mol. The van der Waals surface area contributed by atoms with Gasteiger partial charge in [0, 0.05) is 6.21 Å². The molecule has 1 nitrogen and oxygen atoms in total. The Kier molecular flexibility index (Phi) is 3.38. The van der Waals surface area contributed by atoms with Gasteiger partial charge in [-0.05, 0) is 37.5 Å². The Morgan fingerprint density at radius 1 is 0.882 bits per heavy atom. The van der Waals surface area contributed by atoms with Crippen LogP contribution in [0.25, 0.3) is 0 Å². The van der Waals surface area contributed by atoms with Crippen molar-refractivity contribution in [1.82, 2.24) is 0 Å². The number of rotatable bonds is 2. The van der Waals surface area contributed by atoms with Crippen LogP contribution in [0.4, 0.5) is 5.69 Å². The third kappa shape index (κ3) is 2.82. The highest BCUT2D eigenvalue weighted by Gasteiger charge is 2.01. The fourth-order valence-electron chi connectivity index (χ4n) is 2.05. The van der Waals surface area contributed by atoms with E-state index >= 15 is 0 Å². The van der Waals surface area contributed by atoms with E-state index in [0.717, 1.165) is 11.3 Å². The van der Waals surface area contributed by atoms with Gasteiger partial charge in [-0.15, -0.1) is 0 Å². The van der Waals surface area contributed by atoms with Gasteiger partial charge in [-0.3, -0.25) is 4.99 Å². The molecule has 2 aromatic rings. The van der Waals surface area contributed by atoms with Crippen molar-refractivity contribution in [2.24, 2.45) is 4.99 Å². The van der Waals surface area contributed by atoms with E-state index in [2.05, 4.69) is 50.0 Å². The second-order valence-corrected chi connectivity index (χ2v) is 4.42. The average Bonchev–Trinajstić information content (AvgIpc) is 2.29. The van der Waals surface area contributed by atoms with Crippen molar-refractivity contribution >= 4 is 11.9 Å². The van der Waals surface area contributed by atoms with Crippen molar-refractivity contribution in [2.45, 2.75) is 20.8 Å². The van der Waals surface area contributed by atoms with Crippen molar-refractivity contribution in [3.63, 3.8) is 0 Å². The van der Waals surface area contributed by atoms with Crippen LogP contribution in [0.1, 0.15) is 22.3 Å². The van der Waals surface area contributed by atoms with Crippen LogP contribution in [0.5, 0.6) is 0 Å². The molecular formula is C16H17N. The third-order valence-corrected chi connectivity index (χ3v) is 2.78. The summed E-state index contributed by atoms with van der Waals surface area (Å²) in [5.41, 5.74) is 5.97. The van der Waals surface area contributed by atoms with Gasteiger partial charge in [-0.1, -0.05) is 48.0 Å². The lowest BCUT2D eigenvalue weighted by Gasteiger charge is -2.06. The maximum absolute atomic E-state index is 4.59. The van der Waals surface area contributed by atoms with E-state index in [9.17, 15) is 0 Å². The highest BCUT2D eigenvalue weighted by atomic mass is 14.7. The first-order valence-corrected chi connectivity index (χ1v) is 5.84. The number of hydrogen-bond acceptors (Lipinski definition) is 1. The summed E-state index contributed by atoms with van der Waals surface area (Å²) in [5.74, 6) is 0. The highest BCUT2D eigenvalue weighted by molar-refractivity contribution is 5.82. The molecule has 0 fully saturated rings. The number of nitrogens with zero attached hydrogens (tertiary/aromatic N) is 1. The Morgan fingerprint density at radius 2 is 1.47 bits per heavy atom. The van der Waals surface area contributed by atoms with Crippen LogP contribution in [-0.4, -0.2) is 6.21 Å². The van der Waals surface area contributed by atoms with Crippen LogP contribution in [0, 0.1) is 20.8 Å². The molecule has 2 rings (SSSR count). The van der Waals surface area contributed by atoms with Gasteiger partial charge in [-0.25, -0.2) is 0 Å². The monoisotopic (exact) mass is 223 g/mol. The van der Waals surface area contributed by atoms with E-state index in [1.165, 1.54) is 16.7 Å². The molecule has 0 saturated carbocycles. The Bertz CT molecular complexity index is 516. The van der Waals surface area contributed by atoms with E-state index in [-0.39, 0.29) is 0 Å². The van der Waals surface area contributed by atoms with Gasteiger partial charge in [0.1, 0.15) is 0 Å². The minimum absolute atomic E-state index is 1.08. The van der Waals surface area contributed by atoms with Gasteiger partial charge in [0.15, 0.2) is 0 Å². The maximum atomic E-state index is 4.59. The van der Waals surface area contributed by atoms with E-state index < -0.39 is 0 Å². The van der Waals surface area contributed by atoms with Gasteiger partial charge in [0.05, 0.1) is 5.69 Å². The molecule has 17 heavy (non-hydrogen) atoms. The van der Waals surface area contributed by atoms with E-state index in [1.54, 1.807) is 0 Å².